The van der Waals surface area contributed by atoms with E-state index >= 15 is 0 Å². The van der Waals surface area contributed by atoms with Crippen molar-refractivity contribution in [3.8, 4) is 0 Å². The highest BCUT2D eigenvalue weighted by molar-refractivity contribution is 5.92. The van der Waals surface area contributed by atoms with Crippen LogP contribution < -0.4 is 5.32 Å². The lowest BCUT2D eigenvalue weighted by atomic mass is 9.45. The second-order valence-corrected chi connectivity index (χ2v) is 13.2. The highest BCUT2D eigenvalue weighted by Crippen LogP contribution is 2.67. The summed E-state index contributed by atoms with van der Waals surface area (Å²) >= 11 is 0. The van der Waals surface area contributed by atoms with Crippen LogP contribution in [-0.4, -0.2) is 69.1 Å². The van der Waals surface area contributed by atoms with Crippen LogP contribution in [0.15, 0.2) is 11.6 Å². The molecule has 0 aromatic rings. The second kappa shape index (κ2) is 11.0. The molecule has 8 atom stereocenters. The maximum absolute atomic E-state index is 13.4. The van der Waals surface area contributed by atoms with Crippen LogP contribution in [0.25, 0.3) is 0 Å². The molecule has 0 aliphatic heterocycles. The monoisotopic (exact) mass is 561 g/mol. The zero-order chi connectivity index (χ0) is 29.6. The van der Waals surface area contributed by atoms with Gasteiger partial charge in [-0.15, -0.1) is 0 Å². The molecule has 4 aliphatic carbocycles. The van der Waals surface area contributed by atoms with Crippen molar-refractivity contribution in [3.05, 3.63) is 11.6 Å². The Hall–Kier alpha value is -2.59. The molecule has 3 fully saturated rings. The highest BCUT2D eigenvalue weighted by Gasteiger charge is 2.68. The van der Waals surface area contributed by atoms with Crippen LogP contribution in [0.4, 0.5) is 0 Å². The highest BCUT2D eigenvalue weighted by atomic mass is 16.5. The summed E-state index contributed by atoms with van der Waals surface area (Å²) < 4.78 is 5.14. The van der Waals surface area contributed by atoms with E-state index in [0.717, 1.165) is 18.4 Å². The van der Waals surface area contributed by atoms with Crippen molar-refractivity contribution < 1.29 is 44.0 Å². The summed E-state index contributed by atoms with van der Waals surface area (Å²) in [5.74, 6) is -3.31. The van der Waals surface area contributed by atoms with Gasteiger partial charge in [-0.1, -0.05) is 33.3 Å². The zero-order valence-corrected chi connectivity index (χ0v) is 23.9. The Morgan fingerprint density at radius 2 is 1.80 bits per heavy atom. The molecule has 10 heteroatoms. The normalized spacial score (nSPS) is 37.5. The Labute approximate surface area is 234 Å². The number of carbonyl (C=O) groups excluding carboxylic acids is 4. The molecule has 0 unspecified atom stereocenters. The molecule has 0 saturated heterocycles. The largest absolute Gasteiger partial charge is 0.480 e. The van der Waals surface area contributed by atoms with Gasteiger partial charge in [0.25, 0.3) is 0 Å². The number of nitrogens with one attached hydrogen (secondary N) is 1. The molecule has 222 valence electrons. The van der Waals surface area contributed by atoms with Gasteiger partial charge in [0, 0.05) is 18.3 Å². The van der Waals surface area contributed by atoms with Crippen LogP contribution in [0.2, 0.25) is 0 Å². The number of fused-ring (bicyclic) bond motifs is 5. The fourth-order valence-electron chi connectivity index (χ4n) is 8.46. The number of aliphatic hydroxyl groups is 2. The molecule has 4 N–H and O–H groups in total. The summed E-state index contributed by atoms with van der Waals surface area (Å²) in [4.78, 5) is 61.1. The maximum atomic E-state index is 13.4. The minimum atomic E-state index is -1.76. The number of hydrogen-bond acceptors (Lipinski definition) is 8. The molecule has 4 aliphatic rings. The number of carboxylic acids is 1. The molecule has 3 saturated carbocycles. The SMILES string of the molecule is CC(C)[C@@H](NC(=O)CCC(=O)OCC(=O)[C@@]1(O)CC[C@H]2[C@@H]3CCC4=CC(=O)CC[C@]4(C)[C@H]3[C@H](O)C[C@@]21C)C(=O)O. The molecule has 0 spiro atoms. The minimum Gasteiger partial charge on any atom is -0.480 e. The number of ether oxygens (including phenoxy) is 1. The van der Waals surface area contributed by atoms with Gasteiger partial charge in [-0.2, -0.15) is 0 Å². The van der Waals surface area contributed by atoms with Crippen LogP contribution in [-0.2, 0) is 28.7 Å². The Morgan fingerprint density at radius 3 is 2.45 bits per heavy atom. The van der Waals surface area contributed by atoms with Gasteiger partial charge >= 0.3 is 11.9 Å². The Bertz CT molecular complexity index is 1110. The minimum absolute atomic E-state index is 0.00777. The lowest BCUT2D eigenvalue weighted by molar-refractivity contribution is -0.184. The fraction of sp³-hybridized carbons (Fsp3) is 0.767. The number of esters is 1. The first kappa shape index (κ1) is 30.4. The van der Waals surface area contributed by atoms with Gasteiger partial charge in [0.1, 0.15) is 11.6 Å². The number of aliphatic hydroxyl groups excluding tert-OH is 1. The van der Waals surface area contributed by atoms with Crippen LogP contribution in [0.1, 0.15) is 85.5 Å². The third-order valence-electron chi connectivity index (χ3n) is 10.7. The van der Waals surface area contributed by atoms with E-state index < -0.39 is 53.4 Å². The third kappa shape index (κ3) is 5.13. The first-order valence-electron chi connectivity index (χ1n) is 14.5. The number of hydrogen-bond donors (Lipinski definition) is 4. The molecule has 0 aromatic carbocycles. The third-order valence-corrected chi connectivity index (χ3v) is 10.7. The van der Waals surface area contributed by atoms with E-state index in [1.54, 1.807) is 19.9 Å². The van der Waals surface area contributed by atoms with E-state index in [-0.39, 0.29) is 60.6 Å². The molecule has 1 amide bonds. The molecule has 4 rings (SSSR count). The van der Waals surface area contributed by atoms with Gasteiger partial charge in [-0.3, -0.25) is 19.2 Å². The summed E-state index contributed by atoms with van der Waals surface area (Å²) in [6.45, 7) is 6.68. The average molecular weight is 562 g/mol. The molecule has 0 heterocycles. The predicted molar refractivity (Wildman–Crippen MR) is 143 cm³/mol. The summed E-state index contributed by atoms with van der Waals surface area (Å²) in [6.07, 6.45) is 4.20. The number of aliphatic carboxylic acids is 1. The standard InChI is InChI=1S/C30H43NO9/c1-16(2)26(27(37)38)31-23(35)7-8-24(36)40-15-22(34)30(39)12-10-20-19-6-5-17-13-18(32)9-11-28(17,3)25(19)21(33)14-29(20,30)4/h13,16,19-21,25-26,33,39H,5-12,14-15H2,1-4H3,(H,31,35)(H,37,38)/t19-,20-,21+,25+,26+,28-,29-,30-/m0/s1. The summed E-state index contributed by atoms with van der Waals surface area (Å²) in [7, 11) is 0. The number of Topliss-reactive ketones (excluding diaryl/α,β-unsaturated/α-hetero) is 1. The quantitative estimate of drug-likeness (QED) is 0.309. The Morgan fingerprint density at radius 1 is 1.10 bits per heavy atom. The molecular weight excluding hydrogens is 518 g/mol. The van der Waals surface area contributed by atoms with E-state index in [9.17, 15) is 39.3 Å². The van der Waals surface area contributed by atoms with Crippen molar-refractivity contribution in [2.45, 2.75) is 103 Å². The molecule has 0 bridgehead atoms. The first-order chi connectivity index (χ1) is 18.6. The molecular formula is C30H43NO9. The molecule has 10 nitrogen and oxygen atoms in total. The van der Waals surface area contributed by atoms with E-state index in [4.69, 9.17) is 4.74 Å². The van der Waals surface area contributed by atoms with Gasteiger partial charge in [-0.25, -0.2) is 4.79 Å². The van der Waals surface area contributed by atoms with Gasteiger partial charge in [0.2, 0.25) is 11.7 Å². The number of ketones is 2. The lowest BCUT2D eigenvalue weighted by Crippen LogP contribution is -2.62. The van der Waals surface area contributed by atoms with Crippen molar-refractivity contribution in [3.63, 3.8) is 0 Å². The van der Waals surface area contributed by atoms with Crippen LogP contribution >= 0.6 is 0 Å². The second-order valence-electron chi connectivity index (χ2n) is 13.2. The van der Waals surface area contributed by atoms with E-state index in [2.05, 4.69) is 12.2 Å². The van der Waals surface area contributed by atoms with Crippen molar-refractivity contribution >= 4 is 29.4 Å². The number of allylic oxidation sites excluding steroid dienone is 1. The maximum Gasteiger partial charge on any atom is 0.326 e. The average Bonchev–Trinajstić information content (AvgIpc) is 3.15. The Kier molecular flexibility index (Phi) is 8.36. The molecule has 0 radical (unpaired) electrons. The van der Waals surface area contributed by atoms with Crippen molar-refractivity contribution in [2.24, 2.45) is 34.5 Å². The van der Waals surface area contributed by atoms with Crippen molar-refractivity contribution in [1.29, 1.82) is 0 Å². The van der Waals surface area contributed by atoms with E-state index in [1.807, 2.05) is 6.92 Å². The van der Waals surface area contributed by atoms with Crippen LogP contribution in [0.5, 0.6) is 0 Å². The summed E-state index contributed by atoms with van der Waals surface area (Å²) in [5, 5.41) is 34.8. The zero-order valence-electron chi connectivity index (χ0n) is 23.9. The number of carboxylic acid groups (broad SMARTS) is 1. The molecule has 40 heavy (non-hydrogen) atoms. The number of rotatable bonds is 9. The van der Waals surface area contributed by atoms with Gasteiger partial charge in [-0.05, 0) is 73.7 Å². The number of amides is 1. The van der Waals surface area contributed by atoms with Crippen LogP contribution in [0.3, 0.4) is 0 Å². The number of carbonyl (C=O) groups is 5. The summed E-state index contributed by atoms with van der Waals surface area (Å²) in [6, 6.07) is -1.07. The smallest absolute Gasteiger partial charge is 0.326 e. The van der Waals surface area contributed by atoms with E-state index in [0.29, 0.717) is 19.3 Å². The van der Waals surface area contributed by atoms with Gasteiger partial charge < -0.3 is 25.4 Å². The van der Waals surface area contributed by atoms with Crippen LogP contribution in [0, 0.1) is 34.5 Å². The predicted octanol–water partition coefficient (Wildman–Crippen LogP) is 2.34. The van der Waals surface area contributed by atoms with Gasteiger partial charge in [0.05, 0.1) is 12.5 Å². The fourth-order valence-corrected chi connectivity index (χ4v) is 8.46. The van der Waals surface area contributed by atoms with Gasteiger partial charge in [0.15, 0.2) is 12.4 Å². The van der Waals surface area contributed by atoms with E-state index in [1.165, 1.54) is 0 Å². The first-order valence-corrected chi connectivity index (χ1v) is 14.5. The van der Waals surface area contributed by atoms with Crippen molar-refractivity contribution in [1.82, 2.24) is 5.32 Å². The van der Waals surface area contributed by atoms with Crippen molar-refractivity contribution in [2.75, 3.05) is 6.61 Å². The summed E-state index contributed by atoms with van der Waals surface area (Å²) in [5.41, 5.74) is -1.81. The topological polar surface area (TPSA) is 167 Å². The molecule has 0 aromatic heterocycles. The lowest BCUT2D eigenvalue weighted by Gasteiger charge is -2.60. The Balaban J connectivity index is 1.38.